The van der Waals surface area contributed by atoms with Crippen LogP contribution in [-0.2, 0) is 23.0 Å². The van der Waals surface area contributed by atoms with Gasteiger partial charge >= 0.3 is 16.5 Å². The monoisotopic (exact) mass is 478 g/mol. The molecule has 0 atom stereocenters. The van der Waals surface area contributed by atoms with Crippen molar-refractivity contribution in [3.63, 3.8) is 0 Å². The van der Waals surface area contributed by atoms with Crippen LogP contribution in [0, 0.1) is 10.2 Å². The molecule has 140 valence electrons. The molecule has 1 heterocycles. The Balaban J connectivity index is 0. The van der Waals surface area contributed by atoms with Crippen molar-refractivity contribution >= 4 is 22.1 Å². The molecule has 0 amide bonds. The minimum Gasteiger partial charge on any atom is -0.872 e. The van der Waals surface area contributed by atoms with Gasteiger partial charge in [-0.15, -0.1) is 10.2 Å². The van der Waals surface area contributed by atoms with Gasteiger partial charge in [0.05, 0.1) is 12.2 Å². The van der Waals surface area contributed by atoms with E-state index < -0.39 is 10.2 Å². The fourth-order valence-electron chi connectivity index (χ4n) is 1.35. The predicted molar refractivity (Wildman–Crippen MR) is 77.3 cm³/mol. The van der Waals surface area contributed by atoms with Crippen LogP contribution in [0.15, 0.2) is 52.1 Å². The molecule has 0 spiro atoms. The maximum absolute atomic E-state index is 11.5. The van der Waals surface area contributed by atoms with E-state index in [1.807, 2.05) is 18.2 Å². The Morgan fingerprint density at radius 2 is 1.76 bits per heavy atom. The van der Waals surface area contributed by atoms with Gasteiger partial charge in [-0.25, -0.2) is 18.6 Å². The largest absolute Gasteiger partial charge is 2.00 e. The van der Waals surface area contributed by atoms with Crippen LogP contribution in [0.4, 0.5) is 0 Å². The molecule has 0 saturated heterocycles. The number of aliphatic hydroxyl groups is 1. The third kappa shape index (κ3) is 14.9. The molecule has 1 aromatic carbocycles. The first-order valence-corrected chi connectivity index (χ1v) is 8.21. The average molecular weight is 480 g/mol. The number of aromatic nitrogens is 1. The summed E-state index contributed by atoms with van der Waals surface area (Å²) < 4.78 is 34.8. The third-order valence-corrected chi connectivity index (χ3v) is 2.67. The van der Waals surface area contributed by atoms with E-state index in [0.717, 1.165) is 17.3 Å². The zero-order chi connectivity index (χ0) is 18.6. The second-order valence-electron chi connectivity index (χ2n) is 3.85. The number of rotatable bonds is 3. The van der Waals surface area contributed by atoms with E-state index in [9.17, 15) is 5.11 Å². The fraction of sp³-hybridized carbons (Fsp3) is 0.143. The van der Waals surface area contributed by atoms with E-state index in [1.165, 1.54) is 6.07 Å². The normalized spacial score (nSPS) is 10.0. The summed E-state index contributed by atoms with van der Waals surface area (Å²) in [4.78, 5) is 8.35. The van der Waals surface area contributed by atoms with Crippen molar-refractivity contribution in [3.8, 4) is 5.75 Å². The molecule has 0 bridgehead atoms. The van der Waals surface area contributed by atoms with Crippen molar-refractivity contribution in [1.82, 2.24) is 4.98 Å². The number of aliphatic imine (C=N–C) groups is 1. The van der Waals surface area contributed by atoms with E-state index in [1.54, 1.807) is 24.5 Å². The van der Waals surface area contributed by atoms with Crippen LogP contribution in [-0.4, -0.2) is 23.4 Å². The Morgan fingerprint density at radius 1 is 1.16 bits per heavy atom. The standard InChI is InChI=1S/C13H11BrN2O.CH4O.ClHO4.Ni/c14-11-4-5-13(17)10(7-11)8-15-9-12-3-1-2-6-16-12;1-2;2-1(3,4)5;/h1-8,17H,9H2;2H,1H3;(H,2,3,4,5);/q;;;+2/p-2. The molecule has 0 aliphatic carbocycles. The third-order valence-electron chi connectivity index (χ3n) is 2.18. The van der Waals surface area contributed by atoms with Crippen LogP contribution < -0.4 is 23.7 Å². The SMILES string of the molecule is CO.[Ni+2].[O-][Cl+3]([O-])([O-])[O-].[O-]c1ccc(Br)cc1C=NCc1ccccn1. The first-order chi connectivity index (χ1) is 11.3. The van der Waals surface area contributed by atoms with Gasteiger partial charge < -0.3 is 10.2 Å². The first kappa shape index (κ1) is 26.1. The predicted octanol–water partition coefficient (Wildman–Crippen LogP) is -2.61. The van der Waals surface area contributed by atoms with E-state index in [4.69, 9.17) is 23.7 Å². The van der Waals surface area contributed by atoms with Gasteiger partial charge in [0.2, 0.25) is 0 Å². The summed E-state index contributed by atoms with van der Waals surface area (Å²) in [5.41, 5.74) is 1.46. The molecule has 2 rings (SSSR count). The summed E-state index contributed by atoms with van der Waals surface area (Å²) in [5, 5.41) is 18.5. The van der Waals surface area contributed by atoms with Gasteiger partial charge in [0.1, 0.15) is 0 Å². The zero-order valence-electron chi connectivity index (χ0n) is 12.8. The Hall–Kier alpha value is -1.10. The van der Waals surface area contributed by atoms with Crippen LogP contribution in [0.5, 0.6) is 5.75 Å². The molecule has 11 heteroatoms. The van der Waals surface area contributed by atoms with Crippen LogP contribution in [0.25, 0.3) is 0 Å². The first-order valence-electron chi connectivity index (χ1n) is 6.18. The van der Waals surface area contributed by atoms with Gasteiger partial charge in [0, 0.05) is 24.0 Å². The summed E-state index contributed by atoms with van der Waals surface area (Å²) in [6.07, 6.45) is 3.31. The number of aliphatic hydroxyl groups excluding tert-OH is 1. The van der Waals surface area contributed by atoms with Gasteiger partial charge in [0.15, 0.2) is 0 Å². The van der Waals surface area contributed by atoms with Crippen molar-refractivity contribution in [2.75, 3.05) is 7.11 Å². The minimum atomic E-state index is -4.94. The van der Waals surface area contributed by atoms with Gasteiger partial charge in [-0.2, -0.15) is 0 Å². The van der Waals surface area contributed by atoms with Crippen LogP contribution in [0.1, 0.15) is 11.3 Å². The van der Waals surface area contributed by atoms with Gasteiger partial charge in [0.25, 0.3) is 0 Å². The topological polar surface area (TPSA) is 161 Å². The smallest absolute Gasteiger partial charge is 0.872 e. The van der Waals surface area contributed by atoms with E-state index in [0.29, 0.717) is 12.1 Å². The van der Waals surface area contributed by atoms with Crippen molar-refractivity contribution < 1.29 is 55.6 Å². The fourth-order valence-corrected chi connectivity index (χ4v) is 1.73. The van der Waals surface area contributed by atoms with E-state index in [-0.39, 0.29) is 22.2 Å². The van der Waals surface area contributed by atoms with E-state index in [2.05, 4.69) is 25.9 Å². The van der Waals surface area contributed by atoms with E-state index >= 15 is 0 Å². The Labute approximate surface area is 165 Å². The Bertz CT molecular complexity index is 622. The van der Waals surface area contributed by atoms with Gasteiger partial charge in [-0.1, -0.05) is 33.8 Å². The molecule has 0 saturated carbocycles. The molecule has 0 aliphatic rings. The summed E-state index contributed by atoms with van der Waals surface area (Å²) >= 11 is 3.32. The summed E-state index contributed by atoms with van der Waals surface area (Å²) in [6, 6.07) is 10.7. The molecule has 2 aromatic rings. The molecule has 1 aromatic heterocycles. The Kier molecular flexibility index (Phi) is 14.8. The maximum atomic E-state index is 11.5. The van der Waals surface area contributed by atoms with Crippen molar-refractivity contribution in [2.24, 2.45) is 4.99 Å². The van der Waals surface area contributed by atoms with Crippen LogP contribution in [0.3, 0.4) is 0 Å². The van der Waals surface area contributed by atoms with Crippen LogP contribution in [0.2, 0.25) is 0 Å². The molecule has 25 heavy (non-hydrogen) atoms. The van der Waals surface area contributed by atoms with Crippen molar-refractivity contribution in [1.29, 1.82) is 0 Å². The van der Waals surface area contributed by atoms with Crippen molar-refractivity contribution in [2.45, 2.75) is 6.54 Å². The maximum Gasteiger partial charge on any atom is 2.00 e. The van der Waals surface area contributed by atoms with Gasteiger partial charge in [-0.05, 0) is 29.8 Å². The molecule has 0 aliphatic heterocycles. The zero-order valence-corrected chi connectivity index (χ0v) is 16.1. The average Bonchev–Trinajstić information content (AvgIpc) is 2.52. The number of halogens is 2. The quantitative estimate of drug-likeness (QED) is 0.372. The second kappa shape index (κ2) is 14.1. The second-order valence-corrected chi connectivity index (χ2v) is 5.52. The number of hydrogen-bond donors (Lipinski definition) is 1. The van der Waals surface area contributed by atoms with Gasteiger partial charge in [-0.3, -0.25) is 9.98 Å². The molecule has 1 N–H and O–H groups in total. The van der Waals surface area contributed by atoms with Crippen LogP contribution >= 0.6 is 15.9 Å². The molecule has 0 radical (unpaired) electrons. The van der Waals surface area contributed by atoms with Crippen molar-refractivity contribution in [3.05, 3.63) is 58.3 Å². The minimum absolute atomic E-state index is 0. The molecule has 0 fully saturated rings. The number of pyridine rings is 1. The summed E-state index contributed by atoms with van der Waals surface area (Å²) in [7, 11) is -3.94. The molecular weight excluding hydrogens is 466 g/mol. The molecular formula is C14H14BrClN2NiO6. The molecule has 0 unspecified atom stereocenters. The Morgan fingerprint density at radius 3 is 2.28 bits per heavy atom. The summed E-state index contributed by atoms with van der Waals surface area (Å²) in [5.74, 6) is -0.0297. The summed E-state index contributed by atoms with van der Waals surface area (Å²) in [6.45, 7) is 0.479. The molecule has 8 nitrogen and oxygen atoms in total. The number of hydrogen-bond acceptors (Lipinski definition) is 8. The number of benzene rings is 1. The number of nitrogens with zero attached hydrogens (tertiary/aromatic N) is 2.